The van der Waals surface area contributed by atoms with Crippen LogP contribution in [0.1, 0.15) is 31.4 Å². The number of aliphatic carboxylic acids is 1. The van der Waals surface area contributed by atoms with E-state index < -0.39 is 47.0 Å². The summed E-state index contributed by atoms with van der Waals surface area (Å²) < 4.78 is 10.5. The number of ether oxygens (including phenoxy) is 2. The quantitative estimate of drug-likeness (QED) is 0.199. The Kier molecular flexibility index (Phi) is 12.4. The van der Waals surface area contributed by atoms with Crippen LogP contribution in [0.3, 0.4) is 0 Å². The van der Waals surface area contributed by atoms with Crippen molar-refractivity contribution in [2.75, 3.05) is 20.0 Å². The standard InChI is InChI=1S/C27H33N3O9S/c1-16(2)26(29-24(32)12-18-11-20(38-3)9-10-23(18)39-4)27(35)28-21(13-25(33)34)22(31)15-40-14-17-5-7-19(8-6-17)30(36)37/h5-11,16,21,26H,12-15H2,1-4H3,(H,28,35)(H,29,32)(H,33,34)/t21?,26-/m0/s1. The van der Waals surface area contributed by atoms with Crippen molar-refractivity contribution < 1.29 is 38.7 Å². The second kappa shape index (κ2) is 15.5. The number of amides is 2. The number of non-ortho nitro benzene ring substituents is 1. The number of Topliss-reactive ketones (excluding diaryl/α,β-unsaturated/α-hetero) is 1. The molecule has 0 aliphatic heterocycles. The summed E-state index contributed by atoms with van der Waals surface area (Å²) in [5, 5.41) is 25.3. The molecule has 0 spiro atoms. The number of rotatable bonds is 16. The molecule has 2 atom stereocenters. The normalized spacial score (nSPS) is 12.2. The van der Waals surface area contributed by atoms with E-state index in [9.17, 15) is 34.4 Å². The van der Waals surface area contributed by atoms with E-state index in [-0.39, 0.29) is 23.8 Å². The molecule has 12 nitrogen and oxygen atoms in total. The number of methoxy groups -OCH3 is 2. The zero-order valence-electron chi connectivity index (χ0n) is 22.7. The van der Waals surface area contributed by atoms with Crippen LogP contribution in [0.25, 0.3) is 0 Å². The molecule has 2 rings (SSSR count). The number of hydrogen-bond donors (Lipinski definition) is 3. The highest BCUT2D eigenvalue weighted by atomic mass is 32.2. The van der Waals surface area contributed by atoms with Gasteiger partial charge in [0.2, 0.25) is 11.8 Å². The van der Waals surface area contributed by atoms with Gasteiger partial charge in [-0.1, -0.05) is 26.0 Å². The van der Waals surface area contributed by atoms with Crippen LogP contribution in [-0.4, -0.2) is 65.7 Å². The van der Waals surface area contributed by atoms with Gasteiger partial charge in [-0.2, -0.15) is 0 Å². The first-order valence-electron chi connectivity index (χ1n) is 12.3. The Morgan fingerprint density at radius 2 is 1.70 bits per heavy atom. The van der Waals surface area contributed by atoms with Crippen LogP contribution in [-0.2, 0) is 31.4 Å². The smallest absolute Gasteiger partial charge is 0.305 e. The minimum absolute atomic E-state index is 0.0523. The number of hydrogen-bond acceptors (Lipinski definition) is 9. The molecule has 40 heavy (non-hydrogen) atoms. The number of nitro benzene ring substituents is 1. The second-order valence-corrected chi connectivity index (χ2v) is 10.2. The van der Waals surface area contributed by atoms with Crippen molar-refractivity contribution in [1.82, 2.24) is 10.6 Å². The van der Waals surface area contributed by atoms with E-state index in [0.29, 0.717) is 22.8 Å². The number of ketones is 1. The van der Waals surface area contributed by atoms with Crippen molar-refractivity contribution >= 4 is 41.0 Å². The average Bonchev–Trinajstić information content (AvgIpc) is 2.90. The van der Waals surface area contributed by atoms with E-state index in [4.69, 9.17) is 9.47 Å². The van der Waals surface area contributed by atoms with Gasteiger partial charge in [-0.15, -0.1) is 11.8 Å². The van der Waals surface area contributed by atoms with Gasteiger partial charge >= 0.3 is 5.97 Å². The summed E-state index contributed by atoms with van der Waals surface area (Å²) in [6, 6.07) is 8.54. The van der Waals surface area contributed by atoms with Crippen molar-refractivity contribution in [3.8, 4) is 11.5 Å². The third-order valence-corrected chi connectivity index (χ3v) is 6.87. The molecule has 1 unspecified atom stereocenters. The summed E-state index contributed by atoms with van der Waals surface area (Å²) in [6.07, 6.45) is -0.726. The molecule has 0 aliphatic rings. The lowest BCUT2D eigenvalue weighted by Gasteiger charge is -2.25. The van der Waals surface area contributed by atoms with Crippen LogP contribution in [0.4, 0.5) is 5.69 Å². The molecule has 2 aromatic rings. The first-order chi connectivity index (χ1) is 18.9. The van der Waals surface area contributed by atoms with Crippen molar-refractivity contribution in [1.29, 1.82) is 0 Å². The minimum Gasteiger partial charge on any atom is -0.497 e. The fourth-order valence-corrected chi connectivity index (χ4v) is 4.65. The first-order valence-corrected chi connectivity index (χ1v) is 13.5. The topological polar surface area (TPSA) is 174 Å². The molecule has 13 heteroatoms. The summed E-state index contributed by atoms with van der Waals surface area (Å²) in [5.74, 6) is -2.02. The molecule has 0 heterocycles. The zero-order valence-corrected chi connectivity index (χ0v) is 23.5. The number of carboxylic acids is 1. The van der Waals surface area contributed by atoms with Gasteiger partial charge in [0.15, 0.2) is 5.78 Å². The van der Waals surface area contributed by atoms with Gasteiger partial charge in [-0.3, -0.25) is 29.3 Å². The van der Waals surface area contributed by atoms with E-state index in [2.05, 4.69) is 10.6 Å². The van der Waals surface area contributed by atoms with E-state index in [1.807, 2.05) is 0 Å². The highest BCUT2D eigenvalue weighted by molar-refractivity contribution is 7.99. The first kappa shape index (κ1) is 32.1. The van der Waals surface area contributed by atoms with Gasteiger partial charge in [0.05, 0.1) is 43.8 Å². The lowest BCUT2D eigenvalue weighted by atomic mass is 10.0. The lowest BCUT2D eigenvalue weighted by Crippen LogP contribution is -2.54. The molecule has 0 aliphatic carbocycles. The van der Waals surface area contributed by atoms with Gasteiger partial charge in [0, 0.05) is 23.4 Å². The molecule has 0 saturated carbocycles. The second-order valence-electron chi connectivity index (χ2n) is 9.19. The van der Waals surface area contributed by atoms with Crippen LogP contribution >= 0.6 is 11.8 Å². The number of carboxylic acid groups (broad SMARTS) is 1. The maximum atomic E-state index is 13.1. The van der Waals surface area contributed by atoms with Crippen LogP contribution < -0.4 is 20.1 Å². The van der Waals surface area contributed by atoms with Crippen LogP contribution in [0.2, 0.25) is 0 Å². The Balaban J connectivity index is 2.03. The summed E-state index contributed by atoms with van der Waals surface area (Å²) in [5.41, 5.74) is 1.24. The average molecular weight is 576 g/mol. The maximum Gasteiger partial charge on any atom is 0.305 e. The number of nitro groups is 1. The number of nitrogens with zero attached hydrogens (tertiary/aromatic N) is 1. The van der Waals surface area contributed by atoms with Crippen LogP contribution in [0.5, 0.6) is 11.5 Å². The molecular weight excluding hydrogens is 542 g/mol. The number of nitrogens with one attached hydrogen (secondary N) is 2. The Morgan fingerprint density at radius 3 is 2.25 bits per heavy atom. The molecule has 2 amide bonds. The Hall–Kier alpha value is -4.13. The van der Waals surface area contributed by atoms with Crippen molar-refractivity contribution in [3.63, 3.8) is 0 Å². The third kappa shape index (κ3) is 9.88. The van der Waals surface area contributed by atoms with E-state index in [0.717, 1.165) is 5.56 Å². The maximum absolute atomic E-state index is 13.1. The summed E-state index contributed by atoms with van der Waals surface area (Å²) in [7, 11) is 2.96. The molecule has 216 valence electrons. The number of benzene rings is 2. The zero-order chi connectivity index (χ0) is 29.8. The highest BCUT2D eigenvalue weighted by Gasteiger charge is 2.30. The molecular formula is C27H33N3O9S. The summed E-state index contributed by atoms with van der Waals surface area (Å²) in [4.78, 5) is 60.5. The number of carbonyl (C=O) groups is 4. The summed E-state index contributed by atoms with van der Waals surface area (Å²) >= 11 is 1.19. The van der Waals surface area contributed by atoms with E-state index in [1.165, 1.54) is 38.1 Å². The Bertz CT molecular complexity index is 1220. The van der Waals surface area contributed by atoms with Gasteiger partial charge in [0.25, 0.3) is 5.69 Å². The molecule has 0 fully saturated rings. The fraction of sp³-hybridized carbons (Fsp3) is 0.407. The van der Waals surface area contributed by atoms with Gasteiger partial charge < -0.3 is 25.2 Å². The minimum atomic E-state index is -1.30. The van der Waals surface area contributed by atoms with Gasteiger partial charge in [-0.25, -0.2) is 0 Å². The fourth-order valence-electron chi connectivity index (χ4n) is 3.72. The summed E-state index contributed by atoms with van der Waals surface area (Å²) in [6.45, 7) is 3.43. The van der Waals surface area contributed by atoms with Crippen LogP contribution in [0, 0.1) is 16.0 Å². The Morgan fingerprint density at radius 1 is 1.02 bits per heavy atom. The van der Waals surface area contributed by atoms with Gasteiger partial charge in [-0.05, 0) is 29.7 Å². The van der Waals surface area contributed by atoms with Crippen molar-refractivity contribution in [3.05, 3.63) is 63.7 Å². The predicted octanol–water partition coefficient (Wildman–Crippen LogP) is 2.76. The SMILES string of the molecule is COc1ccc(OC)c(CC(=O)N[C@H](C(=O)NC(CC(=O)O)C(=O)CSCc2ccc([N+](=O)[O-])cc2)C(C)C)c1. The molecule has 0 aromatic heterocycles. The largest absolute Gasteiger partial charge is 0.497 e. The van der Waals surface area contributed by atoms with E-state index in [1.54, 1.807) is 44.2 Å². The monoisotopic (exact) mass is 575 g/mol. The van der Waals surface area contributed by atoms with Crippen molar-refractivity contribution in [2.45, 2.75) is 44.5 Å². The highest BCUT2D eigenvalue weighted by Crippen LogP contribution is 2.24. The number of thioether (sulfide) groups is 1. The van der Waals surface area contributed by atoms with Crippen molar-refractivity contribution in [2.24, 2.45) is 5.92 Å². The molecule has 2 aromatic carbocycles. The molecule has 0 bridgehead atoms. The third-order valence-electron chi connectivity index (χ3n) is 5.85. The number of carbonyl (C=O) groups excluding carboxylic acids is 3. The lowest BCUT2D eigenvalue weighted by molar-refractivity contribution is -0.384. The van der Waals surface area contributed by atoms with Crippen LogP contribution in [0.15, 0.2) is 42.5 Å². The Labute approximate surface area is 236 Å². The van der Waals surface area contributed by atoms with Gasteiger partial charge in [0.1, 0.15) is 17.5 Å². The van der Waals surface area contributed by atoms with E-state index >= 15 is 0 Å². The predicted molar refractivity (Wildman–Crippen MR) is 148 cm³/mol. The molecule has 3 N–H and O–H groups in total. The molecule has 0 radical (unpaired) electrons. The molecule has 0 saturated heterocycles.